The van der Waals surface area contributed by atoms with E-state index in [4.69, 9.17) is 4.74 Å². The lowest BCUT2D eigenvalue weighted by Gasteiger charge is -2.37. The van der Waals surface area contributed by atoms with Gasteiger partial charge in [-0.25, -0.2) is 0 Å². The molecule has 120 valence electrons. The van der Waals surface area contributed by atoms with Gasteiger partial charge in [0.1, 0.15) is 6.23 Å². The van der Waals surface area contributed by atoms with Crippen molar-refractivity contribution < 1.29 is 4.74 Å². The number of nitrogens with zero attached hydrogens (tertiary/aromatic N) is 1. The molecule has 0 bridgehead atoms. The van der Waals surface area contributed by atoms with E-state index >= 15 is 0 Å². The first-order valence-corrected chi connectivity index (χ1v) is 7.90. The van der Waals surface area contributed by atoms with E-state index in [0.717, 1.165) is 12.8 Å². The summed E-state index contributed by atoms with van der Waals surface area (Å²) in [5, 5.41) is 0. The normalized spacial score (nSPS) is 27.4. The quantitative estimate of drug-likeness (QED) is 0.641. The maximum atomic E-state index is 5.70. The molecule has 0 aromatic rings. The molecule has 0 radical (unpaired) electrons. The molecule has 0 aliphatic carbocycles. The minimum atomic E-state index is 0.0685. The van der Waals surface area contributed by atoms with Crippen molar-refractivity contribution in [2.45, 2.75) is 66.7 Å². The van der Waals surface area contributed by atoms with Crippen molar-refractivity contribution in [3.05, 3.63) is 47.7 Å². The number of hydrogen-bond donors (Lipinski definition) is 0. The number of methoxy groups -OCH3 is 1. The molecule has 0 fully saturated rings. The Hall–Kier alpha value is -1.28. The molecular formula is C19H33NO. The summed E-state index contributed by atoms with van der Waals surface area (Å²) < 4.78 is 5.70. The first kappa shape index (κ1) is 19.7. The molecule has 0 amide bonds. The molecule has 0 saturated heterocycles. The van der Waals surface area contributed by atoms with Crippen LogP contribution in [0.2, 0.25) is 0 Å². The fourth-order valence-electron chi connectivity index (χ4n) is 2.50. The Morgan fingerprint density at radius 1 is 1.33 bits per heavy atom. The predicted octanol–water partition coefficient (Wildman–Crippen LogP) is 5.45. The largest absolute Gasteiger partial charge is 0.362 e. The lowest BCUT2D eigenvalue weighted by molar-refractivity contribution is -0.0277. The molecule has 0 spiro atoms. The summed E-state index contributed by atoms with van der Waals surface area (Å²) in [4.78, 5) is 2.31. The van der Waals surface area contributed by atoms with Crippen molar-refractivity contribution in [2.24, 2.45) is 0 Å². The van der Waals surface area contributed by atoms with E-state index in [1.54, 1.807) is 7.11 Å². The maximum absolute atomic E-state index is 5.70. The van der Waals surface area contributed by atoms with Crippen LogP contribution in [0.4, 0.5) is 0 Å². The van der Waals surface area contributed by atoms with Gasteiger partial charge in [-0.15, -0.1) is 6.58 Å². The van der Waals surface area contributed by atoms with Crippen molar-refractivity contribution in [1.82, 2.24) is 4.90 Å². The highest BCUT2D eigenvalue weighted by Crippen LogP contribution is 2.27. The highest BCUT2D eigenvalue weighted by atomic mass is 16.5. The zero-order valence-corrected chi connectivity index (χ0v) is 15.0. The third-order valence-corrected chi connectivity index (χ3v) is 4.00. The number of hydrogen-bond acceptors (Lipinski definition) is 2. The van der Waals surface area contributed by atoms with Crippen LogP contribution >= 0.6 is 0 Å². The van der Waals surface area contributed by atoms with E-state index < -0.39 is 0 Å². The van der Waals surface area contributed by atoms with Crippen LogP contribution < -0.4 is 0 Å². The minimum Gasteiger partial charge on any atom is -0.362 e. The van der Waals surface area contributed by atoms with Gasteiger partial charge in [0.15, 0.2) is 0 Å². The Morgan fingerprint density at radius 3 is 2.38 bits per heavy atom. The average molecular weight is 291 g/mol. The second-order valence-electron chi connectivity index (χ2n) is 5.31. The number of ether oxygens (including phenoxy) is 1. The number of allylic oxidation sites excluding steroid dienone is 5. The highest BCUT2D eigenvalue weighted by Gasteiger charge is 2.24. The third-order valence-electron chi connectivity index (χ3n) is 4.00. The number of rotatable bonds is 3. The van der Waals surface area contributed by atoms with Gasteiger partial charge in [0, 0.05) is 18.8 Å². The first-order valence-electron chi connectivity index (χ1n) is 7.90. The molecule has 0 aromatic carbocycles. The maximum Gasteiger partial charge on any atom is 0.130 e. The van der Waals surface area contributed by atoms with Crippen LogP contribution in [0.5, 0.6) is 0 Å². The Morgan fingerprint density at radius 2 is 1.90 bits per heavy atom. The molecule has 21 heavy (non-hydrogen) atoms. The van der Waals surface area contributed by atoms with Crippen molar-refractivity contribution in [3.63, 3.8) is 0 Å². The average Bonchev–Trinajstić information content (AvgIpc) is 2.54. The predicted molar refractivity (Wildman–Crippen MR) is 94.1 cm³/mol. The topological polar surface area (TPSA) is 12.5 Å². The second-order valence-corrected chi connectivity index (χ2v) is 5.31. The highest BCUT2D eigenvalue weighted by molar-refractivity contribution is 5.36. The van der Waals surface area contributed by atoms with Gasteiger partial charge in [-0.1, -0.05) is 38.2 Å². The second kappa shape index (κ2) is 9.62. The van der Waals surface area contributed by atoms with Crippen LogP contribution in [0.15, 0.2) is 47.7 Å². The summed E-state index contributed by atoms with van der Waals surface area (Å²) in [6, 6.07) is 0.250. The van der Waals surface area contributed by atoms with E-state index in [9.17, 15) is 0 Å². The van der Waals surface area contributed by atoms with Gasteiger partial charge in [0.25, 0.3) is 0 Å². The van der Waals surface area contributed by atoms with Gasteiger partial charge in [0.2, 0.25) is 0 Å². The molecule has 1 aliphatic rings. The van der Waals surface area contributed by atoms with Gasteiger partial charge in [0.05, 0.1) is 0 Å². The Bertz CT molecular complexity index is 417. The molecule has 0 N–H and O–H groups in total. The van der Waals surface area contributed by atoms with Gasteiger partial charge in [-0.2, -0.15) is 0 Å². The van der Waals surface area contributed by atoms with Gasteiger partial charge >= 0.3 is 0 Å². The molecule has 2 atom stereocenters. The molecule has 2 unspecified atom stereocenters. The lowest BCUT2D eigenvalue weighted by atomic mass is 10.0. The van der Waals surface area contributed by atoms with Crippen LogP contribution in [0.25, 0.3) is 0 Å². The smallest absolute Gasteiger partial charge is 0.130 e. The van der Waals surface area contributed by atoms with Gasteiger partial charge < -0.3 is 9.64 Å². The van der Waals surface area contributed by atoms with Crippen molar-refractivity contribution in [3.8, 4) is 0 Å². The van der Waals surface area contributed by atoms with Crippen LogP contribution in [-0.4, -0.2) is 24.3 Å². The molecule has 1 aliphatic heterocycles. The van der Waals surface area contributed by atoms with Crippen molar-refractivity contribution >= 4 is 0 Å². The van der Waals surface area contributed by atoms with Gasteiger partial charge in [-0.3, -0.25) is 0 Å². The van der Waals surface area contributed by atoms with Crippen LogP contribution in [0.1, 0.15) is 54.4 Å². The Kier molecular flexibility index (Phi) is 9.03. The summed E-state index contributed by atoms with van der Waals surface area (Å²) >= 11 is 0. The first-order chi connectivity index (χ1) is 9.92. The van der Waals surface area contributed by atoms with E-state index in [0.29, 0.717) is 0 Å². The summed E-state index contributed by atoms with van der Waals surface area (Å²) in [5.41, 5.74) is 4.96. The molecule has 1 rings (SSSR count). The van der Waals surface area contributed by atoms with E-state index in [-0.39, 0.29) is 12.3 Å². The van der Waals surface area contributed by atoms with E-state index in [1.165, 1.54) is 22.4 Å². The Balaban J connectivity index is 0.00000191. The molecule has 2 heteroatoms. The molecule has 2 nitrogen and oxygen atoms in total. The summed E-state index contributed by atoms with van der Waals surface area (Å²) in [6.07, 6.45) is 6.16. The molecule has 1 heterocycles. The standard InChI is InChI=1S/C17H27NO.C2H6/c1-8-15(5)18-16(6)14(4)11-13(3)12(2)9-10-17(18)19-7;1-2/h8,11,15,17H,1-2,9-10H2,3-7H3;1-2H3/b13-11-,16-14+;. The lowest BCUT2D eigenvalue weighted by Crippen LogP contribution is -2.41. The molecule has 0 saturated carbocycles. The zero-order chi connectivity index (χ0) is 16.6. The monoisotopic (exact) mass is 291 g/mol. The fraction of sp³-hybridized carbons (Fsp3) is 0.579. The van der Waals surface area contributed by atoms with Gasteiger partial charge in [-0.05, 0) is 51.7 Å². The van der Waals surface area contributed by atoms with Crippen LogP contribution in [-0.2, 0) is 4.74 Å². The van der Waals surface area contributed by atoms with Crippen molar-refractivity contribution in [2.75, 3.05) is 7.11 Å². The summed E-state index contributed by atoms with van der Waals surface area (Å²) in [7, 11) is 1.77. The van der Waals surface area contributed by atoms with E-state index in [1.807, 2.05) is 19.9 Å². The SMILES string of the molecule is C=CC(C)N1/C(C)=C(C)/C=C(/C)C(=C)CCC1OC.CC. The summed E-state index contributed by atoms with van der Waals surface area (Å²) in [6.45, 7) is 20.7. The van der Waals surface area contributed by atoms with E-state index in [2.05, 4.69) is 51.8 Å². The van der Waals surface area contributed by atoms with Crippen molar-refractivity contribution in [1.29, 1.82) is 0 Å². The van der Waals surface area contributed by atoms with Crippen LogP contribution in [0.3, 0.4) is 0 Å². The summed E-state index contributed by atoms with van der Waals surface area (Å²) in [5.74, 6) is 0. The zero-order valence-electron chi connectivity index (χ0n) is 15.0. The minimum absolute atomic E-state index is 0.0685. The van der Waals surface area contributed by atoms with Crippen LogP contribution in [0, 0.1) is 0 Å². The fourth-order valence-corrected chi connectivity index (χ4v) is 2.50. The molecular weight excluding hydrogens is 258 g/mol. The third kappa shape index (κ3) is 5.20. The molecule has 0 aromatic heterocycles. The Labute approximate surface area is 131 Å².